The normalized spacial score (nSPS) is 21.2. The van der Waals surface area contributed by atoms with Gasteiger partial charge in [0.1, 0.15) is 11.9 Å². The van der Waals surface area contributed by atoms with Crippen LogP contribution in [-0.4, -0.2) is 24.9 Å². The van der Waals surface area contributed by atoms with E-state index in [-0.39, 0.29) is 11.7 Å². The van der Waals surface area contributed by atoms with Crippen LogP contribution in [0.3, 0.4) is 0 Å². The zero-order valence-electron chi connectivity index (χ0n) is 11.5. The molecule has 2 N–H and O–H groups in total. The Labute approximate surface area is 109 Å². The summed E-state index contributed by atoms with van der Waals surface area (Å²) < 4.78 is 11.8. The number of nitrogens with two attached hydrogens (primary N) is 1. The third kappa shape index (κ3) is 2.85. The van der Waals surface area contributed by atoms with Gasteiger partial charge < -0.3 is 15.2 Å². The third-order valence-corrected chi connectivity index (χ3v) is 3.75. The first-order valence-electron chi connectivity index (χ1n) is 6.66. The summed E-state index contributed by atoms with van der Waals surface area (Å²) in [7, 11) is 0. The van der Waals surface area contributed by atoms with Crippen molar-refractivity contribution in [3.8, 4) is 5.75 Å². The molecular weight excluding hydrogens is 226 g/mol. The van der Waals surface area contributed by atoms with E-state index in [9.17, 15) is 0 Å². The molecule has 1 aromatic rings. The van der Waals surface area contributed by atoms with Crippen molar-refractivity contribution < 1.29 is 9.47 Å². The molecule has 2 unspecified atom stereocenters. The van der Waals surface area contributed by atoms with Crippen LogP contribution in [-0.2, 0) is 11.2 Å². The number of aryl methyl sites for hydroxylation is 1. The first-order valence-corrected chi connectivity index (χ1v) is 6.66. The molecule has 2 rings (SSSR count). The van der Waals surface area contributed by atoms with Gasteiger partial charge in [0.2, 0.25) is 0 Å². The summed E-state index contributed by atoms with van der Waals surface area (Å²) in [6.07, 6.45) is 1.98. The molecule has 0 saturated carbocycles. The van der Waals surface area contributed by atoms with E-state index >= 15 is 0 Å². The Balaban J connectivity index is 1.92. The van der Waals surface area contributed by atoms with E-state index in [4.69, 9.17) is 15.2 Å². The minimum absolute atomic E-state index is 0.124. The predicted molar refractivity (Wildman–Crippen MR) is 73.0 cm³/mol. The van der Waals surface area contributed by atoms with Crippen LogP contribution in [0.5, 0.6) is 5.75 Å². The largest absolute Gasteiger partial charge is 0.487 e. The summed E-state index contributed by atoms with van der Waals surface area (Å²) in [5.74, 6) is 1.00. The molecular formula is C15H23NO2. The zero-order chi connectivity index (χ0) is 13.2. The third-order valence-electron chi connectivity index (χ3n) is 3.75. The first-order chi connectivity index (χ1) is 8.56. The fraction of sp³-hybridized carbons (Fsp3) is 0.600. The van der Waals surface area contributed by atoms with Crippen LogP contribution >= 0.6 is 0 Å². The van der Waals surface area contributed by atoms with Gasteiger partial charge >= 0.3 is 0 Å². The molecule has 0 amide bonds. The van der Waals surface area contributed by atoms with Crippen LogP contribution in [0.15, 0.2) is 18.2 Å². The minimum atomic E-state index is -0.228. The number of fused-ring (bicyclic) bond motifs is 1. The molecule has 0 spiro atoms. The lowest BCUT2D eigenvalue weighted by Gasteiger charge is -2.28. The van der Waals surface area contributed by atoms with Gasteiger partial charge in [0.05, 0.1) is 12.2 Å². The van der Waals surface area contributed by atoms with Crippen LogP contribution in [0.2, 0.25) is 0 Å². The molecule has 2 atom stereocenters. The van der Waals surface area contributed by atoms with Crippen molar-refractivity contribution >= 4 is 0 Å². The van der Waals surface area contributed by atoms with E-state index in [1.54, 1.807) is 0 Å². The Kier molecular flexibility index (Phi) is 3.93. The number of ether oxygens (including phenoxy) is 2. The number of benzene rings is 1. The Morgan fingerprint density at radius 3 is 2.94 bits per heavy atom. The standard InChI is InChI=1S/C15H23NO2/c1-4-15(3,10-16)17-9-13-8-12-7-11(2)5-6-14(12)18-13/h5-7,13H,4,8-10,16H2,1-3H3. The van der Waals surface area contributed by atoms with Crippen molar-refractivity contribution in [1.82, 2.24) is 0 Å². The van der Waals surface area contributed by atoms with E-state index in [2.05, 4.69) is 32.9 Å². The van der Waals surface area contributed by atoms with Crippen LogP contribution in [0.4, 0.5) is 0 Å². The van der Waals surface area contributed by atoms with Gasteiger partial charge in [-0.25, -0.2) is 0 Å². The highest BCUT2D eigenvalue weighted by Gasteiger charge is 2.27. The van der Waals surface area contributed by atoms with Gasteiger partial charge in [-0.2, -0.15) is 0 Å². The molecule has 1 heterocycles. The zero-order valence-corrected chi connectivity index (χ0v) is 11.5. The van der Waals surface area contributed by atoms with Crippen molar-refractivity contribution in [2.45, 2.75) is 45.3 Å². The van der Waals surface area contributed by atoms with Gasteiger partial charge in [-0.05, 0) is 31.9 Å². The molecule has 0 aliphatic carbocycles. The molecule has 1 aliphatic rings. The van der Waals surface area contributed by atoms with Crippen LogP contribution in [0.25, 0.3) is 0 Å². The molecule has 0 saturated heterocycles. The highest BCUT2D eigenvalue weighted by Crippen LogP contribution is 2.30. The van der Waals surface area contributed by atoms with E-state index in [1.807, 2.05) is 6.07 Å². The summed E-state index contributed by atoms with van der Waals surface area (Å²) >= 11 is 0. The Morgan fingerprint density at radius 1 is 1.50 bits per heavy atom. The lowest BCUT2D eigenvalue weighted by molar-refractivity contribution is -0.0562. The monoisotopic (exact) mass is 249 g/mol. The van der Waals surface area contributed by atoms with Gasteiger partial charge in [-0.15, -0.1) is 0 Å². The molecule has 1 aliphatic heterocycles. The van der Waals surface area contributed by atoms with Crippen molar-refractivity contribution in [2.24, 2.45) is 5.73 Å². The fourth-order valence-corrected chi connectivity index (χ4v) is 2.14. The highest BCUT2D eigenvalue weighted by molar-refractivity contribution is 5.40. The van der Waals surface area contributed by atoms with Crippen molar-refractivity contribution in [2.75, 3.05) is 13.2 Å². The van der Waals surface area contributed by atoms with Crippen LogP contribution < -0.4 is 10.5 Å². The van der Waals surface area contributed by atoms with E-state index in [1.165, 1.54) is 11.1 Å². The second kappa shape index (κ2) is 5.29. The van der Waals surface area contributed by atoms with Crippen molar-refractivity contribution in [3.63, 3.8) is 0 Å². The van der Waals surface area contributed by atoms with Crippen LogP contribution in [0.1, 0.15) is 31.4 Å². The van der Waals surface area contributed by atoms with Gasteiger partial charge in [0, 0.05) is 13.0 Å². The molecule has 0 radical (unpaired) electrons. The quantitative estimate of drug-likeness (QED) is 0.871. The predicted octanol–water partition coefficient (Wildman–Crippen LogP) is 2.44. The van der Waals surface area contributed by atoms with Crippen molar-refractivity contribution in [1.29, 1.82) is 0 Å². The fourth-order valence-electron chi connectivity index (χ4n) is 2.14. The van der Waals surface area contributed by atoms with Gasteiger partial charge in [0.25, 0.3) is 0 Å². The summed E-state index contributed by atoms with van der Waals surface area (Å²) in [6, 6.07) is 6.32. The molecule has 0 fully saturated rings. The average Bonchev–Trinajstić information content (AvgIpc) is 2.78. The second-order valence-electron chi connectivity index (χ2n) is 5.37. The maximum atomic E-state index is 5.92. The SMILES string of the molecule is CCC(C)(CN)OCC1Cc2cc(C)ccc2O1. The summed E-state index contributed by atoms with van der Waals surface area (Å²) in [5, 5.41) is 0. The second-order valence-corrected chi connectivity index (χ2v) is 5.37. The first kappa shape index (κ1) is 13.4. The summed E-state index contributed by atoms with van der Waals surface area (Å²) in [5.41, 5.74) is 8.08. The lowest BCUT2D eigenvalue weighted by Crippen LogP contribution is -2.39. The lowest BCUT2D eigenvalue weighted by atomic mass is 10.0. The van der Waals surface area contributed by atoms with E-state index < -0.39 is 0 Å². The number of rotatable bonds is 5. The molecule has 100 valence electrons. The number of hydrogen-bond donors (Lipinski definition) is 1. The molecule has 3 nitrogen and oxygen atoms in total. The Morgan fingerprint density at radius 2 is 2.28 bits per heavy atom. The topological polar surface area (TPSA) is 44.5 Å². The molecule has 1 aromatic carbocycles. The van der Waals surface area contributed by atoms with Gasteiger partial charge in [-0.3, -0.25) is 0 Å². The molecule has 18 heavy (non-hydrogen) atoms. The van der Waals surface area contributed by atoms with E-state index in [0.717, 1.165) is 18.6 Å². The molecule has 0 bridgehead atoms. The van der Waals surface area contributed by atoms with Crippen molar-refractivity contribution in [3.05, 3.63) is 29.3 Å². The Bertz CT molecular complexity index is 413. The smallest absolute Gasteiger partial charge is 0.126 e. The Hall–Kier alpha value is -1.06. The molecule has 3 heteroatoms. The summed E-state index contributed by atoms with van der Waals surface area (Å²) in [6.45, 7) is 7.41. The maximum Gasteiger partial charge on any atom is 0.126 e. The van der Waals surface area contributed by atoms with Gasteiger partial charge in [0.15, 0.2) is 0 Å². The minimum Gasteiger partial charge on any atom is -0.487 e. The highest BCUT2D eigenvalue weighted by atomic mass is 16.5. The number of hydrogen-bond acceptors (Lipinski definition) is 3. The maximum absolute atomic E-state index is 5.92. The summed E-state index contributed by atoms with van der Waals surface area (Å²) in [4.78, 5) is 0. The van der Waals surface area contributed by atoms with Gasteiger partial charge in [-0.1, -0.05) is 24.6 Å². The van der Waals surface area contributed by atoms with E-state index in [0.29, 0.717) is 13.2 Å². The molecule has 0 aromatic heterocycles. The van der Waals surface area contributed by atoms with Crippen LogP contribution in [0, 0.1) is 6.92 Å². The average molecular weight is 249 g/mol.